The van der Waals surface area contributed by atoms with Crippen molar-refractivity contribution < 1.29 is 9.47 Å². The molecule has 1 atom stereocenters. The Bertz CT molecular complexity index is 398. The van der Waals surface area contributed by atoms with Crippen LogP contribution < -0.4 is 9.47 Å². The van der Waals surface area contributed by atoms with E-state index in [0.717, 1.165) is 30.8 Å². The summed E-state index contributed by atoms with van der Waals surface area (Å²) in [5, 5.41) is 0. The lowest BCUT2D eigenvalue weighted by Gasteiger charge is -2.23. The second-order valence-electron chi connectivity index (χ2n) is 5.27. The first-order valence-electron chi connectivity index (χ1n) is 6.56. The molecule has 0 spiro atoms. The molecule has 2 heteroatoms. The molecule has 1 aromatic carbocycles. The molecule has 0 unspecified atom stereocenters. The molecular weight excluding hydrogens is 212 g/mol. The van der Waals surface area contributed by atoms with Crippen LogP contribution in [0.25, 0.3) is 0 Å². The molecule has 0 aromatic heterocycles. The van der Waals surface area contributed by atoms with E-state index in [0.29, 0.717) is 5.92 Å². The van der Waals surface area contributed by atoms with E-state index in [2.05, 4.69) is 26.8 Å². The van der Waals surface area contributed by atoms with Gasteiger partial charge in [0.05, 0.1) is 0 Å². The molecule has 0 saturated carbocycles. The van der Waals surface area contributed by atoms with Crippen LogP contribution in [0.5, 0.6) is 11.5 Å². The topological polar surface area (TPSA) is 18.5 Å². The van der Waals surface area contributed by atoms with Crippen LogP contribution in [-0.4, -0.2) is 5.79 Å². The third-order valence-electron chi connectivity index (χ3n) is 3.26. The van der Waals surface area contributed by atoms with Gasteiger partial charge in [-0.3, -0.25) is 0 Å². The zero-order valence-corrected chi connectivity index (χ0v) is 11.2. The monoisotopic (exact) mass is 234 g/mol. The molecule has 0 saturated heterocycles. The van der Waals surface area contributed by atoms with Crippen LogP contribution in [0, 0.1) is 0 Å². The van der Waals surface area contributed by atoms with Gasteiger partial charge in [0.1, 0.15) is 0 Å². The molecule has 0 aliphatic carbocycles. The maximum Gasteiger partial charge on any atom is 0.248 e. The van der Waals surface area contributed by atoms with Gasteiger partial charge in [-0.15, -0.1) is 0 Å². The van der Waals surface area contributed by atoms with Crippen molar-refractivity contribution in [1.29, 1.82) is 0 Å². The molecule has 17 heavy (non-hydrogen) atoms. The van der Waals surface area contributed by atoms with Crippen molar-refractivity contribution >= 4 is 0 Å². The number of fused-ring (bicyclic) bond motifs is 1. The Hall–Kier alpha value is -1.18. The number of unbranched alkanes of at least 4 members (excludes halogenated alkanes) is 1. The van der Waals surface area contributed by atoms with E-state index < -0.39 is 5.79 Å². The van der Waals surface area contributed by atoms with E-state index in [1.807, 2.05) is 19.1 Å². The number of hydrogen-bond acceptors (Lipinski definition) is 2. The molecular formula is C15H22O2. The van der Waals surface area contributed by atoms with Gasteiger partial charge in [-0.05, 0) is 18.4 Å². The van der Waals surface area contributed by atoms with Gasteiger partial charge in [-0.1, -0.05) is 39.3 Å². The van der Waals surface area contributed by atoms with Crippen LogP contribution in [-0.2, 0) is 0 Å². The van der Waals surface area contributed by atoms with Crippen molar-refractivity contribution in [3.8, 4) is 11.5 Å². The third-order valence-corrected chi connectivity index (χ3v) is 3.26. The predicted molar refractivity (Wildman–Crippen MR) is 69.7 cm³/mol. The Kier molecular flexibility index (Phi) is 3.32. The molecule has 1 heterocycles. The number of para-hydroxylation sites is 1. The van der Waals surface area contributed by atoms with Crippen LogP contribution in [0.3, 0.4) is 0 Å². The minimum atomic E-state index is -0.469. The Labute approximate surface area is 104 Å². The van der Waals surface area contributed by atoms with Gasteiger partial charge in [0.2, 0.25) is 5.79 Å². The van der Waals surface area contributed by atoms with Crippen molar-refractivity contribution in [2.75, 3.05) is 0 Å². The van der Waals surface area contributed by atoms with E-state index in [9.17, 15) is 0 Å². The highest BCUT2D eigenvalue weighted by molar-refractivity contribution is 5.50. The van der Waals surface area contributed by atoms with Crippen molar-refractivity contribution in [2.45, 2.75) is 58.7 Å². The van der Waals surface area contributed by atoms with E-state index in [4.69, 9.17) is 9.47 Å². The van der Waals surface area contributed by atoms with Crippen LogP contribution in [0.1, 0.15) is 58.4 Å². The summed E-state index contributed by atoms with van der Waals surface area (Å²) in [5.74, 6) is 1.83. The molecule has 1 aliphatic rings. The average molecular weight is 234 g/mol. The van der Waals surface area contributed by atoms with Crippen molar-refractivity contribution in [1.82, 2.24) is 0 Å². The lowest BCUT2D eigenvalue weighted by atomic mass is 10.0. The van der Waals surface area contributed by atoms with E-state index in [1.165, 1.54) is 5.56 Å². The summed E-state index contributed by atoms with van der Waals surface area (Å²) in [6, 6.07) is 6.17. The number of rotatable bonds is 4. The fourth-order valence-electron chi connectivity index (χ4n) is 2.25. The standard InChI is InChI=1S/C15H22O2/c1-5-6-10-15(4)16-13-9-7-8-12(11(2)3)14(13)17-15/h7-9,11H,5-6,10H2,1-4H3/t15-/m0/s1. The first kappa shape index (κ1) is 12.3. The summed E-state index contributed by atoms with van der Waals surface area (Å²) in [4.78, 5) is 0. The first-order chi connectivity index (χ1) is 8.06. The molecule has 1 aromatic rings. The lowest BCUT2D eigenvalue weighted by molar-refractivity contribution is -0.0697. The molecule has 0 N–H and O–H groups in total. The van der Waals surface area contributed by atoms with Gasteiger partial charge < -0.3 is 9.47 Å². The van der Waals surface area contributed by atoms with E-state index in [-0.39, 0.29) is 0 Å². The van der Waals surface area contributed by atoms with E-state index in [1.54, 1.807) is 0 Å². The first-order valence-corrected chi connectivity index (χ1v) is 6.56. The van der Waals surface area contributed by atoms with Gasteiger partial charge in [0.15, 0.2) is 11.5 Å². The van der Waals surface area contributed by atoms with Crippen LogP contribution in [0.15, 0.2) is 18.2 Å². The maximum absolute atomic E-state index is 6.07. The molecule has 0 radical (unpaired) electrons. The summed E-state index contributed by atoms with van der Waals surface area (Å²) in [6.45, 7) is 8.58. The van der Waals surface area contributed by atoms with Gasteiger partial charge in [-0.2, -0.15) is 0 Å². The highest BCUT2D eigenvalue weighted by Crippen LogP contribution is 2.45. The summed E-state index contributed by atoms with van der Waals surface area (Å²) in [5.41, 5.74) is 1.24. The smallest absolute Gasteiger partial charge is 0.248 e. The normalized spacial score (nSPS) is 22.2. The Morgan fingerprint density at radius 3 is 2.65 bits per heavy atom. The van der Waals surface area contributed by atoms with Crippen LogP contribution in [0.2, 0.25) is 0 Å². The minimum Gasteiger partial charge on any atom is -0.449 e. The Morgan fingerprint density at radius 2 is 2.00 bits per heavy atom. The molecule has 94 valence electrons. The number of hydrogen-bond donors (Lipinski definition) is 0. The van der Waals surface area contributed by atoms with Gasteiger partial charge in [0, 0.05) is 18.9 Å². The SMILES string of the molecule is CCCC[C@@]1(C)Oc2cccc(C(C)C)c2O1. The maximum atomic E-state index is 6.07. The van der Waals surface area contributed by atoms with Crippen LogP contribution in [0.4, 0.5) is 0 Å². The Balaban J connectivity index is 2.23. The molecule has 1 aliphatic heterocycles. The second-order valence-corrected chi connectivity index (χ2v) is 5.27. The largest absolute Gasteiger partial charge is 0.449 e. The fourth-order valence-corrected chi connectivity index (χ4v) is 2.25. The molecule has 2 nitrogen and oxygen atoms in total. The van der Waals surface area contributed by atoms with Gasteiger partial charge in [0.25, 0.3) is 0 Å². The number of ether oxygens (including phenoxy) is 2. The third kappa shape index (κ3) is 2.41. The highest BCUT2D eigenvalue weighted by atomic mass is 16.7. The van der Waals surface area contributed by atoms with E-state index >= 15 is 0 Å². The summed E-state index contributed by atoms with van der Waals surface area (Å²) in [7, 11) is 0. The molecule has 2 rings (SSSR count). The summed E-state index contributed by atoms with van der Waals surface area (Å²) >= 11 is 0. The van der Waals surface area contributed by atoms with Crippen molar-refractivity contribution in [2.24, 2.45) is 0 Å². The number of benzene rings is 1. The zero-order chi connectivity index (χ0) is 12.5. The van der Waals surface area contributed by atoms with Gasteiger partial charge >= 0.3 is 0 Å². The van der Waals surface area contributed by atoms with Gasteiger partial charge in [-0.25, -0.2) is 0 Å². The lowest BCUT2D eigenvalue weighted by Crippen LogP contribution is -2.34. The highest BCUT2D eigenvalue weighted by Gasteiger charge is 2.37. The molecule has 0 bridgehead atoms. The zero-order valence-electron chi connectivity index (χ0n) is 11.2. The second kappa shape index (κ2) is 4.59. The predicted octanol–water partition coefficient (Wildman–Crippen LogP) is 4.49. The fraction of sp³-hybridized carbons (Fsp3) is 0.600. The summed E-state index contributed by atoms with van der Waals surface area (Å²) in [6.07, 6.45) is 3.23. The molecule has 0 amide bonds. The average Bonchev–Trinajstić information content (AvgIpc) is 2.62. The van der Waals surface area contributed by atoms with Crippen molar-refractivity contribution in [3.63, 3.8) is 0 Å². The molecule has 0 fully saturated rings. The minimum absolute atomic E-state index is 0.460. The quantitative estimate of drug-likeness (QED) is 0.764. The van der Waals surface area contributed by atoms with Crippen molar-refractivity contribution in [3.05, 3.63) is 23.8 Å². The Morgan fingerprint density at radius 1 is 1.24 bits per heavy atom. The van der Waals surface area contributed by atoms with Crippen LogP contribution >= 0.6 is 0 Å². The summed E-state index contributed by atoms with van der Waals surface area (Å²) < 4.78 is 12.0.